The van der Waals surface area contributed by atoms with Crippen molar-refractivity contribution in [3.63, 3.8) is 0 Å². The Labute approximate surface area is 113 Å². The van der Waals surface area contributed by atoms with Gasteiger partial charge >= 0.3 is 18.9 Å². The Bertz CT molecular complexity index is 529. The zero-order valence-electron chi connectivity index (χ0n) is 9.16. The van der Waals surface area contributed by atoms with E-state index in [-0.39, 0.29) is 18.9 Å². The summed E-state index contributed by atoms with van der Waals surface area (Å²) < 4.78 is 0. The van der Waals surface area contributed by atoms with Crippen molar-refractivity contribution in [3.8, 4) is 0 Å². The molecule has 4 rings (SSSR count). The first-order chi connectivity index (χ1) is 7.93. The average Bonchev–Trinajstić information content (AvgIpc) is 2.75. The summed E-state index contributed by atoms with van der Waals surface area (Å²) in [5.74, 6) is 3.90. The van der Waals surface area contributed by atoms with Gasteiger partial charge in [-0.1, -0.05) is 12.1 Å². The Morgan fingerprint density at radius 2 is 2.29 bits per heavy atom. The first kappa shape index (κ1) is 11.3. The fraction of sp³-hybridized carbons (Fsp3) is 0.429. The summed E-state index contributed by atoms with van der Waals surface area (Å²) in [5, 5.41) is 3.65. The van der Waals surface area contributed by atoms with E-state index in [1.54, 1.807) is 0 Å². The van der Waals surface area contributed by atoms with Gasteiger partial charge in [0.1, 0.15) is 0 Å². The molecule has 0 aromatic heterocycles. The zero-order chi connectivity index (χ0) is 10.5. The maximum atomic E-state index is 4.40. The molecule has 0 saturated carbocycles. The molecule has 3 aliphatic rings. The van der Waals surface area contributed by atoms with Crippen molar-refractivity contribution in [1.82, 2.24) is 5.32 Å². The third-order valence-electron chi connectivity index (χ3n) is 4.10. The molecule has 1 fully saturated rings. The molecular formula is C14H15LiN2. The van der Waals surface area contributed by atoms with Gasteiger partial charge in [-0.25, -0.2) is 4.99 Å². The van der Waals surface area contributed by atoms with Crippen LogP contribution in [0.25, 0.3) is 5.57 Å². The molecule has 1 aliphatic carbocycles. The number of hydrogen-bond acceptors (Lipinski definition) is 2. The Hall–Kier alpha value is -0.773. The van der Waals surface area contributed by atoms with Crippen molar-refractivity contribution < 1.29 is 0 Å². The van der Waals surface area contributed by atoms with Gasteiger partial charge in [0, 0.05) is 23.1 Å². The van der Waals surface area contributed by atoms with Gasteiger partial charge in [-0.2, -0.15) is 0 Å². The summed E-state index contributed by atoms with van der Waals surface area (Å²) in [7, 11) is 0. The summed E-state index contributed by atoms with van der Waals surface area (Å²) in [6.07, 6.45) is 3.73. The van der Waals surface area contributed by atoms with E-state index in [0.717, 1.165) is 12.1 Å². The number of fused-ring (bicyclic) bond motifs is 2. The Morgan fingerprint density at radius 3 is 3.24 bits per heavy atom. The van der Waals surface area contributed by atoms with Gasteiger partial charge in [-0.3, -0.25) is 0 Å². The number of hydrogen-bond donors (Lipinski definition) is 1. The predicted molar refractivity (Wildman–Crippen MR) is 72.5 cm³/mol. The van der Waals surface area contributed by atoms with Crippen LogP contribution in [-0.2, 0) is 0 Å². The predicted octanol–water partition coefficient (Wildman–Crippen LogP) is 1.98. The van der Waals surface area contributed by atoms with Gasteiger partial charge in [-0.05, 0) is 43.3 Å². The van der Waals surface area contributed by atoms with Crippen LogP contribution in [0.2, 0.25) is 0 Å². The molecule has 0 spiro atoms. The minimum absolute atomic E-state index is 0. The summed E-state index contributed by atoms with van der Waals surface area (Å²) in [6.45, 7) is 1.17. The van der Waals surface area contributed by atoms with Crippen LogP contribution in [0.5, 0.6) is 0 Å². The quantitative estimate of drug-likeness (QED) is 0.661. The molecule has 82 valence electrons. The molecule has 0 unspecified atom stereocenters. The molecular weight excluding hydrogens is 203 g/mol. The van der Waals surface area contributed by atoms with E-state index in [9.17, 15) is 0 Å². The molecule has 0 bridgehead atoms. The standard InChI is InChI=1S/C14H14N2.Li.H/c1-3-11-10-4-2-6-15-13(10)7-9-8-16-12(5-1)14(9)11;;/h1,3,5,10,13,15H,2,4,6-7H2;;/t10-,13-;;/m1../s1. The number of rotatable bonds is 0. The minimum atomic E-state index is 0. The molecule has 3 heteroatoms. The Kier molecular flexibility index (Phi) is 2.77. The van der Waals surface area contributed by atoms with E-state index in [4.69, 9.17) is 0 Å². The molecule has 17 heavy (non-hydrogen) atoms. The number of nitrogens with zero attached hydrogens (tertiary/aromatic N) is 1. The van der Waals surface area contributed by atoms with Crippen LogP contribution >= 0.6 is 0 Å². The van der Waals surface area contributed by atoms with Crippen LogP contribution in [-0.4, -0.2) is 37.3 Å². The second kappa shape index (κ2) is 4.16. The summed E-state index contributed by atoms with van der Waals surface area (Å²) in [4.78, 5) is 4.40. The maximum absolute atomic E-state index is 4.40. The summed E-state index contributed by atoms with van der Waals surface area (Å²) >= 11 is 0. The van der Waals surface area contributed by atoms with Crippen molar-refractivity contribution in [2.24, 2.45) is 4.99 Å². The van der Waals surface area contributed by atoms with Gasteiger partial charge in [-0.15, -0.1) is 0 Å². The van der Waals surface area contributed by atoms with E-state index in [1.165, 1.54) is 36.1 Å². The summed E-state index contributed by atoms with van der Waals surface area (Å²) in [6, 6.07) is 7.15. The van der Waals surface area contributed by atoms with E-state index in [1.807, 2.05) is 0 Å². The monoisotopic (exact) mass is 218 g/mol. The van der Waals surface area contributed by atoms with Gasteiger partial charge < -0.3 is 5.32 Å². The molecule has 2 heterocycles. The van der Waals surface area contributed by atoms with E-state index < -0.39 is 0 Å². The SMILES string of the molecule is C1=Nc2cccc3c2C=1C[C@H]1NCCC[C@H]31.[LiH]. The van der Waals surface area contributed by atoms with Crippen molar-refractivity contribution in [1.29, 1.82) is 0 Å². The van der Waals surface area contributed by atoms with Crippen molar-refractivity contribution >= 4 is 36.0 Å². The van der Waals surface area contributed by atoms with E-state index >= 15 is 0 Å². The topological polar surface area (TPSA) is 24.4 Å². The fourth-order valence-corrected chi connectivity index (χ4v) is 3.38. The molecule has 2 nitrogen and oxygen atoms in total. The number of piperidine rings is 1. The molecule has 0 amide bonds. The Morgan fingerprint density at radius 1 is 1.35 bits per heavy atom. The molecule has 1 N–H and O–H groups in total. The molecule has 0 radical (unpaired) electrons. The third-order valence-corrected chi connectivity index (χ3v) is 4.10. The van der Waals surface area contributed by atoms with Crippen LogP contribution < -0.4 is 5.32 Å². The van der Waals surface area contributed by atoms with Crippen LogP contribution in [0.1, 0.15) is 36.3 Å². The summed E-state index contributed by atoms with van der Waals surface area (Å²) in [5.41, 5.74) is 5.36. The van der Waals surface area contributed by atoms with Gasteiger partial charge in [0.25, 0.3) is 0 Å². The van der Waals surface area contributed by atoms with Crippen molar-refractivity contribution in [3.05, 3.63) is 29.3 Å². The molecule has 2 atom stereocenters. The molecule has 2 aliphatic heterocycles. The number of aliphatic imine (C=N–C) groups is 1. The van der Waals surface area contributed by atoms with Gasteiger partial charge in [0.15, 0.2) is 0 Å². The van der Waals surface area contributed by atoms with E-state index in [2.05, 4.69) is 34.4 Å². The van der Waals surface area contributed by atoms with Gasteiger partial charge in [0.05, 0.1) is 5.69 Å². The second-order valence-electron chi connectivity index (χ2n) is 4.96. The van der Waals surface area contributed by atoms with Crippen LogP contribution in [0.3, 0.4) is 0 Å². The normalized spacial score (nSPS) is 27.9. The number of nitrogens with one attached hydrogen (secondary N) is 1. The van der Waals surface area contributed by atoms with Crippen molar-refractivity contribution in [2.45, 2.75) is 31.2 Å². The van der Waals surface area contributed by atoms with Crippen LogP contribution in [0.15, 0.2) is 23.2 Å². The first-order valence-electron chi connectivity index (χ1n) is 6.13. The first-order valence-corrected chi connectivity index (χ1v) is 6.13. The van der Waals surface area contributed by atoms with Crippen LogP contribution in [0.4, 0.5) is 5.69 Å². The molecule has 1 aromatic rings. The zero-order valence-corrected chi connectivity index (χ0v) is 9.16. The number of benzene rings is 1. The van der Waals surface area contributed by atoms with Crippen LogP contribution in [0, 0.1) is 0 Å². The average molecular weight is 218 g/mol. The van der Waals surface area contributed by atoms with Gasteiger partial charge in [0.2, 0.25) is 0 Å². The van der Waals surface area contributed by atoms with E-state index in [0.29, 0.717) is 12.0 Å². The third kappa shape index (κ3) is 1.57. The fourth-order valence-electron chi connectivity index (χ4n) is 3.38. The molecule has 1 aromatic carbocycles. The van der Waals surface area contributed by atoms with Crippen molar-refractivity contribution in [2.75, 3.05) is 6.54 Å². The second-order valence-corrected chi connectivity index (χ2v) is 4.96. The molecule has 1 saturated heterocycles. The Balaban J connectivity index is 0.000000902.